The number of hydrogen-bond acceptors (Lipinski definition) is 2. The van der Waals surface area contributed by atoms with Gasteiger partial charge in [0.1, 0.15) is 0 Å². The first-order valence-corrected chi connectivity index (χ1v) is 13.2. The predicted molar refractivity (Wildman–Crippen MR) is 158 cm³/mol. The Morgan fingerprint density at radius 1 is 0.943 bits per heavy atom. The van der Waals surface area contributed by atoms with Crippen LogP contribution in [0.4, 0.5) is 0 Å². The zero-order valence-corrected chi connectivity index (χ0v) is 22.9. The summed E-state index contributed by atoms with van der Waals surface area (Å²) < 4.78 is 0. The van der Waals surface area contributed by atoms with Crippen LogP contribution in [0.25, 0.3) is 12.2 Å². The maximum atomic E-state index is 10.4. The molecule has 0 fully saturated rings. The van der Waals surface area contributed by atoms with E-state index in [0.717, 1.165) is 46.5 Å². The molecule has 0 aromatic heterocycles. The molecule has 3 heteroatoms. The Morgan fingerprint density at radius 3 is 2.37 bits per heavy atom. The number of thiol groups is 1. The fourth-order valence-corrected chi connectivity index (χ4v) is 4.18. The normalized spacial score (nSPS) is 11.5. The molecule has 1 nitrogen and oxygen atoms in total. The van der Waals surface area contributed by atoms with Gasteiger partial charge >= 0.3 is 0 Å². The van der Waals surface area contributed by atoms with Crippen molar-refractivity contribution in [1.29, 1.82) is 0 Å². The molecule has 0 amide bonds. The van der Waals surface area contributed by atoms with Gasteiger partial charge < -0.3 is 5.11 Å². The molecule has 35 heavy (non-hydrogen) atoms. The number of benzene rings is 3. The minimum Gasteiger partial charge on any atom is -0.386 e. The van der Waals surface area contributed by atoms with Crippen molar-refractivity contribution >= 4 is 36.4 Å². The van der Waals surface area contributed by atoms with Crippen molar-refractivity contribution in [2.75, 3.05) is 6.26 Å². The van der Waals surface area contributed by atoms with Crippen molar-refractivity contribution in [3.8, 4) is 0 Å². The lowest BCUT2D eigenvalue weighted by atomic mass is 9.90. The third kappa shape index (κ3) is 9.57. The zero-order valence-electron chi connectivity index (χ0n) is 21.3. The molecule has 0 aliphatic carbocycles. The second kappa shape index (κ2) is 14.1. The maximum absolute atomic E-state index is 10.4. The topological polar surface area (TPSA) is 20.2 Å². The van der Waals surface area contributed by atoms with E-state index in [1.54, 1.807) is 6.26 Å². The van der Waals surface area contributed by atoms with Crippen LogP contribution in [0, 0.1) is 6.92 Å². The molecular formula is C32H37ClOS. The molecule has 0 aliphatic heterocycles. The van der Waals surface area contributed by atoms with Crippen LogP contribution < -0.4 is 0 Å². The molecule has 0 atom stereocenters. The molecule has 0 aliphatic rings. The minimum absolute atomic E-state index is 0.754. The summed E-state index contributed by atoms with van der Waals surface area (Å²) in [5, 5.41) is 11.2. The van der Waals surface area contributed by atoms with Crippen molar-refractivity contribution in [1.82, 2.24) is 0 Å². The van der Waals surface area contributed by atoms with Gasteiger partial charge in [-0.15, -0.1) is 0 Å². The third-order valence-electron chi connectivity index (χ3n) is 5.74. The largest absolute Gasteiger partial charge is 0.386 e. The lowest BCUT2D eigenvalue weighted by Gasteiger charge is -2.21. The van der Waals surface area contributed by atoms with Gasteiger partial charge in [0.05, 0.1) is 5.60 Å². The molecule has 3 aromatic rings. The molecule has 0 radical (unpaired) electrons. The molecule has 0 heterocycles. The summed E-state index contributed by atoms with van der Waals surface area (Å²) in [4.78, 5) is 0. The van der Waals surface area contributed by atoms with E-state index >= 15 is 0 Å². The summed E-state index contributed by atoms with van der Waals surface area (Å²) in [6.07, 6.45) is 12.9. The highest BCUT2D eigenvalue weighted by Gasteiger charge is 2.18. The maximum Gasteiger partial charge on any atom is 0.0843 e. The van der Waals surface area contributed by atoms with E-state index in [4.69, 9.17) is 11.6 Å². The molecule has 1 N–H and O–H groups in total. The van der Waals surface area contributed by atoms with Crippen LogP contribution in [-0.4, -0.2) is 11.4 Å². The quantitative estimate of drug-likeness (QED) is 0.220. The van der Waals surface area contributed by atoms with E-state index in [9.17, 15) is 5.11 Å². The highest BCUT2D eigenvalue weighted by atomic mass is 35.5. The fourth-order valence-electron chi connectivity index (χ4n) is 3.95. The van der Waals surface area contributed by atoms with E-state index in [2.05, 4.69) is 68.6 Å². The van der Waals surface area contributed by atoms with Crippen LogP contribution in [0.1, 0.15) is 53.6 Å². The Hall–Kier alpha value is -2.52. The molecular weight excluding hydrogens is 468 g/mol. The fraction of sp³-hybridized carbons (Fsp3) is 0.250. The van der Waals surface area contributed by atoms with E-state index in [1.165, 1.54) is 16.7 Å². The van der Waals surface area contributed by atoms with Crippen LogP contribution in [0.2, 0.25) is 5.02 Å². The molecule has 3 aromatic carbocycles. The average molecular weight is 505 g/mol. The standard InChI is InChI=1S/C31H33ClO.CH4S/c1-23(16-18-27-19-20-29(32)21-24(27)2)15-17-26-10-7-9-25(22-26)11-8-13-28-12-5-6-14-30(28)31(3,4)33;1-2/h5-7,9-10,12,14-22,33H,1,8,11,13H2,2-4H3;2H,1H3/b17-15+,18-16-;. The van der Waals surface area contributed by atoms with Gasteiger partial charge in [-0.1, -0.05) is 97.1 Å². The van der Waals surface area contributed by atoms with Gasteiger partial charge in [-0.05, 0) is 97.4 Å². The van der Waals surface area contributed by atoms with Gasteiger partial charge in [0, 0.05) is 5.02 Å². The first kappa shape index (κ1) is 28.7. The van der Waals surface area contributed by atoms with Crippen LogP contribution >= 0.6 is 24.2 Å². The zero-order chi connectivity index (χ0) is 25.8. The van der Waals surface area contributed by atoms with Crippen molar-refractivity contribution in [2.24, 2.45) is 0 Å². The van der Waals surface area contributed by atoms with Gasteiger partial charge in [-0.2, -0.15) is 12.6 Å². The van der Waals surface area contributed by atoms with Crippen molar-refractivity contribution in [3.63, 3.8) is 0 Å². The van der Waals surface area contributed by atoms with E-state index < -0.39 is 5.60 Å². The highest BCUT2D eigenvalue weighted by Crippen LogP contribution is 2.25. The second-order valence-corrected chi connectivity index (χ2v) is 9.49. The summed E-state index contributed by atoms with van der Waals surface area (Å²) in [5.41, 5.74) is 7.14. The van der Waals surface area contributed by atoms with Gasteiger partial charge in [0.25, 0.3) is 0 Å². The summed E-state index contributed by atoms with van der Waals surface area (Å²) in [6.45, 7) is 9.90. The van der Waals surface area contributed by atoms with Crippen molar-refractivity contribution < 1.29 is 5.11 Å². The number of aryl methyl sites for hydroxylation is 3. The van der Waals surface area contributed by atoms with E-state index in [1.807, 2.05) is 62.4 Å². The van der Waals surface area contributed by atoms with Crippen molar-refractivity contribution in [2.45, 2.75) is 45.6 Å². The van der Waals surface area contributed by atoms with Crippen LogP contribution in [0.3, 0.4) is 0 Å². The van der Waals surface area contributed by atoms with Crippen LogP contribution in [0.15, 0.2) is 91.0 Å². The SMILES string of the molecule is C=C(/C=C\c1ccc(Cl)cc1C)/C=C/c1cccc(CCCc2ccccc2C(C)(C)O)c1.CS. The minimum atomic E-state index is -0.815. The predicted octanol–water partition coefficient (Wildman–Crippen LogP) is 8.88. The van der Waals surface area contributed by atoms with Gasteiger partial charge in [0.15, 0.2) is 0 Å². The Kier molecular flexibility index (Phi) is 11.6. The molecule has 0 unspecified atom stereocenters. The summed E-state index contributed by atoms with van der Waals surface area (Å²) >= 11 is 9.56. The first-order chi connectivity index (χ1) is 16.7. The molecule has 0 bridgehead atoms. The number of allylic oxidation sites excluding steroid dienone is 3. The Balaban J connectivity index is 0.00000210. The number of hydrogen-bond donors (Lipinski definition) is 2. The number of halogens is 1. The molecule has 184 valence electrons. The molecule has 0 saturated heterocycles. The number of aliphatic hydroxyl groups is 1. The van der Waals surface area contributed by atoms with Gasteiger partial charge in [-0.3, -0.25) is 0 Å². The lowest BCUT2D eigenvalue weighted by molar-refractivity contribution is 0.0776. The highest BCUT2D eigenvalue weighted by molar-refractivity contribution is 7.79. The Labute approximate surface area is 222 Å². The molecule has 0 saturated carbocycles. The summed E-state index contributed by atoms with van der Waals surface area (Å²) in [6, 6.07) is 22.7. The van der Waals surface area contributed by atoms with Crippen LogP contribution in [0.5, 0.6) is 0 Å². The van der Waals surface area contributed by atoms with Crippen molar-refractivity contribution in [3.05, 3.63) is 129 Å². The lowest BCUT2D eigenvalue weighted by Crippen LogP contribution is -2.18. The second-order valence-electron chi connectivity index (χ2n) is 9.06. The first-order valence-electron chi connectivity index (χ1n) is 11.9. The Bertz CT molecular complexity index is 1170. The Morgan fingerprint density at radius 2 is 1.66 bits per heavy atom. The smallest absolute Gasteiger partial charge is 0.0843 e. The monoisotopic (exact) mass is 504 g/mol. The van der Waals surface area contributed by atoms with Gasteiger partial charge in [-0.25, -0.2) is 0 Å². The van der Waals surface area contributed by atoms with Crippen LogP contribution in [-0.2, 0) is 18.4 Å². The number of rotatable bonds is 9. The third-order valence-corrected chi connectivity index (χ3v) is 5.97. The van der Waals surface area contributed by atoms with E-state index in [0.29, 0.717) is 0 Å². The molecule has 3 rings (SSSR count). The average Bonchev–Trinajstić information content (AvgIpc) is 2.83. The summed E-state index contributed by atoms with van der Waals surface area (Å²) in [7, 11) is 0. The van der Waals surface area contributed by atoms with Gasteiger partial charge in [0.2, 0.25) is 0 Å². The molecule has 0 spiro atoms. The summed E-state index contributed by atoms with van der Waals surface area (Å²) in [5.74, 6) is 0. The van der Waals surface area contributed by atoms with E-state index in [-0.39, 0.29) is 0 Å².